The minimum absolute atomic E-state index is 0.0243. The zero-order valence-corrected chi connectivity index (χ0v) is 13.2. The maximum absolute atomic E-state index is 12.3. The van der Waals surface area contributed by atoms with E-state index in [0.717, 1.165) is 9.13 Å². The minimum Gasteiger partial charge on any atom is -0.337 e. The van der Waals surface area contributed by atoms with E-state index in [9.17, 15) is 4.79 Å². The second-order valence-corrected chi connectivity index (χ2v) is 5.73. The first-order valence-electron chi connectivity index (χ1n) is 6.10. The second kappa shape index (κ2) is 6.53. The number of nitrogens with zero attached hydrogens (tertiary/aromatic N) is 2. The van der Waals surface area contributed by atoms with Gasteiger partial charge in [-0.05, 0) is 64.6 Å². The highest BCUT2D eigenvalue weighted by Gasteiger charge is 2.11. The third-order valence-electron chi connectivity index (χ3n) is 2.91. The number of amides is 1. The fraction of sp³-hybridized carbons (Fsp3) is 0.125. The van der Waals surface area contributed by atoms with Gasteiger partial charge in [-0.25, -0.2) is 0 Å². The zero-order valence-electron chi connectivity index (χ0n) is 11.0. The molecule has 0 atom stereocenters. The molecule has 0 aliphatic heterocycles. The molecule has 2 aromatic carbocycles. The lowest BCUT2D eigenvalue weighted by Gasteiger charge is -2.17. The van der Waals surface area contributed by atoms with Crippen molar-refractivity contribution in [3.8, 4) is 6.07 Å². The fourth-order valence-electron chi connectivity index (χ4n) is 1.90. The summed E-state index contributed by atoms with van der Waals surface area (Å²) < 4.78 is 1.10. The molecule has 4 heteroatoms. The van der Waals surface area contributed by atoms with Crippen LogP contribution in [0.1, 0.15) is 21.5 Å². The van der Waals surface area contributed by atoms with Crippen molar-refractivity contribution in [3.63, 3.8) is 0 Å². The Morgan fingerprint density at radius 2 is 1.95 bits per heavy atom. The minimum atomic E-state index is -0.0243. The van der Waals surface area contributed by atoms with Crippen LogP contribution < -0.4 is 0 Å². The van der Waals surface area contributed by atoms with Gasteiger partial charge in [0.15, 0.2) is 0 Å². The molecule has 0 saturated heterocycles. The van der Waals surface area contributed by atoms with Crippen LogP contribution in [0.5, 0.6) is 0 Å². The van der Waals surface area contributed by atoms with E-state index in [1.54, 1.807) is 24.1 Å². The number of rotatable bonds is 3. The average molecular weight is 376 g/mol. The number of hydrogen-bond donors (Lipinski definition) is 0. The van der Waals surface area contributed by atoms with Crippen molar-refractivity contribution < 1.29 is 4.79 Å². The molecule has 3 nitrogen and oxygen atoms in total. The molecule has 0 radical (unpaired) electrons. The van der Waals surface area contributed by atoms with Crippen LogP contribution in [0.3, 0.4) is 0 Å². The third kappa shape index (κ3) is 3.58. The average Bonchev–Trinajstić information content (AvgIpc) is 2.47. The SMILES string of the molecule is CN(Cc1cccc(C#N)c1)C(=O)c1ccc(I)cc1. The van der Waals surface area contributed by atoms with E-state index < -0.39 is 0 Å². The predicted octanol–water partition coefficient (Wildman–Crippen LogP) is 3.44. The molecule has 0 N–H and O–H groups in total. The number of carbonyl (C=O) groups is 1. The zero-order chi connectivity index (χ0) is 14.5. The van der Waals surface area contributed by atoms with Crippen LogP contribution in [0.2, 0.25) is 0 Å². The summed E-state index contributed by atoms with van der Waals surface area (Å²) in [4.78, 5) is 13.9. The van der Waals surface area contributed by atoms with Crippen LogP contribution in [-0.2, 0) is 6.54 Å². The summed E-state index contributed by atoms with van der Waals surface area (Å²) in [6.07, 6.45) is 0. The molecule has 0 aliphatic rings. The molecule has 0 saturated carbocycles. The van der Waals surface area contributed by atoms with Crippen LogP contribution >= 0.6 is 22.6 Å². The number of hydrogen-bond acceptors (Lipinski definition) is 2. The molecule has 100 valence electrons. The lowest BCUT2D eigenvalue weighted by molar-refractivity contribution is 0.0785. The summed E-state index contributed by atoms with van der Waals surface area (Å²) in [6.45, 7) is 0.486. The maximum atomic E-state index is 12.3. The van der Waals surface area contributed by atoms with Crippen molar-refractivity contribution in [2.24, 2.45) is 0 Å². The van der Waals surface area contributed by atoms with Crippen molar-refractivity contribution in [1.29, 1.82) is 5.26 Å². The highest BCUT2D eigenvalue weighted by atomic mass is 127. The Hall–Kier alpha value is -1.87. The van der Waals surface area contributed by atoms with Crippen molar-refractivity contribution in [2.45, 2.75) is 6.54 Å². The number of carbonyl (C=O) groups excluding carboxylic acids is 1. The Morgan fingerprint density at radius 3 is 2.60 bits per heavy atom. The van der Waals surface area contributed by atoms with Gasteiger partial charge in [-0.1, -0.05) is 12.1 Å². The molecule has 20 heavy (non-hydrogen) atoms. The van der Waals surface area contributed by atoms with Gasteiger partial charge in [-0.3, -0.25) is 4.79 Å². The Morgan fingerprint density at radius 1 is 1.25 bits per heavy atom. The molecule has 2 aromatic rings. The molecule has 0 spiro atoms. The first kappa shape index (κ1) is 14.5. The normalized spacial score (nSPS) is 9.85. The highest BCUT2D eigenvalue weighted by Crippen LogP contribution is 2.12. The van der Waals surface area contributed by atoms with E-state index in [0.29, 0.717) is 17.7 Å². The van der Waals surface area contributed by atoms with Gasteiger partial charge < -0.3 is 4.90 Å². The van der Waals surface area contributed by atoms with Crippen LogP contribution in [0.25, 0.3) is 0 Å². The van der Waals surface area contributed by atoms with Gasteiger partial charge in [0.2, 0.25) is 0 Å². The summed E-state index contributed by atoms with van der Waals surface area (Å²) in [5, 5.41) is 8.88. The Bertz CT molecular complexity index is 659. The quantitative estimate of drug-likeness (QED) is 0.771. The summed E-state index contributed by atoms with van der Waals surface area (Å²) in [5.74, 6) is -0.0243. The van der Waals surface area contributed by atoms with Gasteiger partial charge in [0, 0.05) is 22.7 Å². The predicted molar refractivity (Wildman–Crippen MR) is 86.1 cm³/mol. The van der Waals surface area contributed by atoms with Gasteiger partial charge in [0.05, 0.1) is 11.6 Å². The van der Waals surface area contributed by atoms with E-state index in [-0.39, 0.29) is 5.91 Å². The number of halogens is 1. The summed E-state index contributed by atoms with van der Waals surface area (Å²) in [6, 6.07) is 16.9. The van der Waals surface area contributed by atoms with E-state index in [1.807, 2.05) is 36.4 Å². The molecule has 0 fully saturated rings. The van der Waals surface area contributed by atoms with E-state index in [1.165, 1.54) is 0 Å². The summed E-state index contributed by atoms with van der Waals surface area (Å²) >= 11 is 2.21. The molecular formula is C16H13IN2O. The van der Waals surface area contributed by atoms with Crippen LogP contribution in [0, 0.1) is 14.9 Å². The molecule has 0 aromatic heterocycles. The van der Waals surface area contributed by atoms with E-state index in [2.05, 4.69) is 28.7 Å². The molecule has 0 bridgehead atoms. The molecule has 0 unspecified atom stereocenters. The Labute approximate surface area is 132 Å². The highest BCUT2D eigenvalue weighted by molar-refractivity contribution is 14.1. The summed E-state index contributed by atoms with van der Waals surface area (Å²) in [5.41, 5.74) is 2.23. The lowest BCUT2D eigenvalue weighted by Crippen LogP contribution is -2.26. The van der Waals surface area contributed by atoms with Crippen molar-refractivity contribution >= 4 is 28.5 Å². The molecule has 1 amide bonds. The van der Waals surface area contributed by atoms with Crippen molar-refractivity contribution in [2.75, 3.05) is 7.05 Å². The van der Waals surface area contributed by atoms with Crippen molar-refractivity contribution in [3.05, 3.63) is 68.8 Å². The van der Waals surface area contributed by atoms with Crippen molar-refractivity contribution in [1.82, 2.24) is 4.90 Å². The smallest absolute Gasteiger partial charge is 0.253 e. The standard InChI is InChI=1S/C16H13IN2O/c1-19(11-13-4-2-3-12(9-13)10-18)16(20)14-5-7-15(17)8-6-14/h2-9H,11H2,1H3. The third-order valence-corrected chi connectivity index (χ3v) is 3.63. The molecular weight excluding hydrogens is 363 g/mol. The Balaban J connectivity index is 2.11. The van der Waals surface area contributed by atoms with Crippen LogP contribution in [0.15, 0.2) is 48.5 Å². The Kier molecular flexibility index (Phi) is 4.74. The molecule has 0 heterocycles. The molecule has 0 aliphatic carbocycles. The topological polar surface area (TPSA) is 44.1 Å². The van der Waals surface area contributed by atoms with E-state index in [4.69, 9.17) is 5.26 Å². The first-order valence-corrected chi connectivity index (χ1v) is 7.18. The fourth-order valence-corrected chi connectivity index (χ4v) is 2.26. The second-order valence-electron chi connectivity index (χ2n) is 4.48. The van der Waals surface area contributed by atoms with Crippen LogP contribution in [-0.4, -0.2) is 17.9 Å². The number of nitriles is 1. The molecule has 2 rings (SSSR count). The van der Waals surface area contributed by atoms with Gasteiger partial charge in [0.1, 0.15) is 0 Å². The summed E-state index contributed by atoms with van der Waals surface area (Å²) in [7, 11) is 1.76. The van der Waals surface area contributed by atoms with Gasteiger partial charge in [-0.2, -0.15) is 5.26 Å². The maximum Gasteiger partial charge on any atom is 0.253 e. The first-order chi connectivity index (χ1) is 9.60. The largest absolute Gasteiger partial charge is 0.337 e. The van der Waals surface area contributed by atoms with E-state index >= 15 is 0 Å². The van der Waals surface area contributed by atoms with Crippen LogP contribution in [0.4, 0.5) is 0 Å². The lowest BCUT2D eigenvalue weighted by atomic mass is 10.1. The van der Waals surface area contributed by atoms with Gasteiger partial charge >= 0.3 is 0 Å². The monoisotopic (exact) mass is 376 g/mol. The van der Waals surface area contributed by atoms with Gasteiger partial charge in [-0.15, -0.1) is 0 Å². The number of benzene rings is 2. The van der Waals surface area contributed by atoms with Gasteiger partial charge in [0.25, 0.3) is 5.91 Å².